The molecule has 2 amide bonds. The van der Waals surface area contributed by atoms with Gasteiger partial charge in [-0.2, -0.15) is 0 Å². The van der Waals surface area contributed by atoms with Crippen molar-refractivity contribution in [3.05, 3.63) is 48.3 Å². The van der Waals surface area contributed by atoms with Crippen molar-refractivity contribution < 1.29 is 23.5 Å². The van der Waals surface area contributed by atoms with Crippen LogP contribution in [0.2, 0.25) is 0 Å². The fourth-order valence-corrected chi connectivity index (χ4v) is 2.43. The number of nitrogens with one attached hydrogen (secondary N) is 1. The molecule has 0 aliphatic carbocycles. The Bertz CT molecular complexity index is 778. The van der Waals surface area contributed by atoms with Crippen molar-refractivity contribution in [2.24, 2.45) is 0 Å². The molecule has 0 saturated carbocycles. The second-order valence-electron chi connectivity index (χ2n) is 5.51. The average Bonchev–Trinajstić information content (AvgIpc) is 2.63. The van der Waals surface area contributed by atoms with E-state index in [0.29, 0.717) is 22.9 Å². The van der Waals surface area contributed by atoms with Crippen molar-refractivity contribution >= 4 is 23.2 Å². The number of carbonyl (C=O) groups excluding carboxylic acids is 2. The van der Waals surface area contributed by atoms with E-state index in [1.54, 1.807) is 18.2 Å². The van der Waals surface area contributed by atoms with Gasteiger partial charge in [-0.3, -0.25) is 9.59 Å². The van der Waals surface area contributed by atoms with Gasteiger partial charge in [0.15, 0.2) is 0 Å². The Morgan fingerprint density at radius 1 is 1.08 bits per heavy atom. The molecule has 0 spiro atoms. The molecule has 26 heavy (non-hydrogen) atoms. The Labute approximate surface area is 151 Å². The highest BCUT2D eigenvalue weighted by molar-refractivity contribution is 5.96. The van der Waals surface area contributed by atoms with Crippen molar-refractivity contribution in [1.82, 2.24) is 0 Å². The van der Waals surface area contributed by atoms with Crippen molar-refractivity contribution in [3.63, 3.8) is 0 Å². The van der Waals surface area contributed by atoms with Gasteiger partial charge in [0.25, 0.3) is 0 Å². The highest BCUT2D eigenvalue weighted by atomic mass is 19.1. The molecule has 0 fully saturated rings. The number of hydrogen-bond acceptors (Lipinski definition) is 4. The number of anilines is 2. The van der Waals surface area contributed by atoms with Gasteiger partial charge in [-0.1, -0.05) is 0 Å². The van der Waals surface area contributed by atoms with Crippen LogP contribution < -0.4 is 19.7 Å². The van der Waals surface area contributed by atoms with Crippen LogP contribution in [-0.2, 0) is 9.59 Å². The SMILES string of the molecule is COc1ccc(OC)c(N(CCC(=O)Nc2ccc(F)cc2)C(C)=O)c1. The van der Waals surface area contributed by atoms with Gasteiger partial charge in [0.05, 0.1) is 19.9 Å². The van der Waals surface area contributed by atoms with Gasteiger partial charge in [0.1, 0.15) is 17.3 Å². The summed E-state index contributed by atoms with van der Waals surface area (Å²) in [5.41, 5.74) is 1.01. The molecule has 138 valence electrons. The number of benzene rings is 2. The molecule has 0 saturated heterocycles. The summed E-state index contributed by atoms with van der Waals surface area (Å²) in [6.45, 7) is 1.57. The molecule has 0 aromatic heterocycles. The van der Waals surface area contributed by atoms with Gasteiger partial charge >= 0.3 is 0 Å². The van der Waals surface area contributed by atoms with Crippen molar-refractivity contribution in [3.8, 4) is 11.5 Å². The van der Waals surface area contributed by atoms with Crippen molar-refractivity contribution in [1.29, 1.82) is 0 Å². The van der Waals surface area contributed by atoms with E-state index >= 15 is 0 Å². The largest absolute Gasteiger partial charge is 0.497 e. The quantitative estimate of drug-likeness (QED) is 0.823. The fraction of sp³-hybridized carbons (Fsp3) is 0.263. The molecule has 2 aromatic rings. The topological polar surface area (TPSA) is 67.9 Å². The Morgan fingerprint density at radius 2 is 1.77 bits per heavy atom. The van der Waals surface area contributed by atoms with Gasteiger partial charge in [0, 0.05) is 31.6 Å². The highest BCUT2D eigenvalue weighted by Gasteiger charge is 2.18. The summed E-state index contributed by atoms with van der Waals surface area (Å²) in [5.74, 6) is 0.175. The first-order chi connectivity index (χ1) is 12.4. The highest BCUT2D eigenvalue weighted by Crippen LogP contribution is 2.32. The van der Waals surface area contributed by atoms with Gasteiger partial charge in [0.2, 0.25) is 11.8 Å². The number of nitrogens with zero attached hydrogens (tertiary/aromatic N) is 1. The number of hydrogen-bond donors (Lipinski definition) is 1. The number of halogens is 1. The number of methoxy groups -OCH3 is 2. The van der Waals surface area contributed by atoms with Crippen LogP contribution in [0.1, 0.15) is 13.3 Å². The van der Waals surface area contributed by atoms with Crippen LogP contribution in [0.15, 0.2) is 42.5 Å². The summed E-state index contributed by atoms with van der Waals surface area (Å²) < 4.78 is 23.4. The minimum absolute atomic E-state index is 0.0668. The number of ether oxygens (including phenoxy) is 2. The third kappa shape index (κ3) is 4.95. The molecule has 0 radical (unpaired) electrons. The van der Waals surface area contributed by atoms with Crippen LogP contribution in [-0.4, -0.2) is 32.6 Å². The fourth-order valence-electron chi connectivity index (χ4n) is 2.43. The van der Waals surface area contributed by atoms with Gasteiger partial charge < -0.3 is 19.7 Å². The monoisotopic (exact) mass is 360 g/mol. The Hall–Kier alpha value is -3.09. The van der Waals surface area contributed by atoms with Crippen LogP contribution in [0, 0.1) is 5.82 Å². The molecule has 7 heteroatoms. The zero-order valence-corrected chi connectivity index (χ0v) is 14.9. The maximum atomic E-state index is 12.9. The molecule has 0 aliphatic heterocycles. The van der Waals surface area contributed by atoms with Crippen molar-refractivity contribution in [2.45, 2.75) is 13.3 Å². The standard InChI is InChI=1S/C19H21FN2O4/c1-13(23)22(17-12-16(25-2)8-9-18(17)26-3)11-10-19(24)21-15-6-4-14(20)5-7-15/h4-9,12H,10-11H2,1-3H3,(H,21,24). The maximum Gasteiger partial charge on any atom is 0.226 e. The number of carbonyl (C=O) groups is 2. The zero-order chi connectivity index (χ0) is 19.1. The molecular weight excluding hydrogens is 339 g/mol. The van der Waals surface area contributed by atoms with Crippen molar-refractivity contribution in [2.75, 3.05) is 31.0 Å². The average molecular weight is 360 g/mol. The van der Waals surface area contributed by atoms with Crippen LogP contribution in [0.4, 0.5) is 15.8 Å². The first-order valence-electron chi connectivity index (χ1n) is 8.00. The third-order valence-electron chi connectivity index (χ3n) is 3.75. The van der Waals surface area contributed by atoms with Gasteiger partial charge in [-0.25, -0.2) is 4.39 Å². The molecule has 6 nitrogen and oxygen atoms in total. The van der Waals surface area contributed by atoms with E-state index in [1.165, 1.54) is 50.3 Å². The second kappa shape index (κ2) is 8.84. The molecule has 0 heterocycles. The lowest BCUT2D eigenvalue weighted by Crippen LogP contribution is -2.32. The van der Waals surface area contributed by atoms with Crippen LogP contribution in [0.3, 0.4) is 0 Å². The van der Waals surface area contributed by atoms with E-state index in [-0.39, 0.29) is 30.6 Å². The minimum Gasteiger partial charge on any atom is -0.497 e. The third-order valence-corrected chi connectivity index (χ3v) is 3.75. The summed E-state index contributed by atoms with van der Waals surface area (Å²) in [6, 6.07) is 10.6. The Balaban J connectivity index is 2.10. The maximum absolute atomic E-state index is 12.9. The molecular formula is C19H21FN2O4. The Morgan fingerprint density at radius 3 is 2.35 bits per heavy atom. The molecule has 0 unspecified atom stereocenters. The number of amides is 2. The predicted molar refractivity (Wildman–Crippen MR) is 97.2 cm³/mol. The molecule has 0 atom stereocenters. The lowest BCUT2D eigenvalue weighted by atomic mass is 10.2. The minimum atomic E-state index is -0.379. The Kier molecular flexibility index (Phi) is 6.54. The lowest BCUT2D eigenvalue weighted by molar-refractivity contribution is -0.117. The summed E-state index contributed by atoms with van der Waals surface area (Å²) in [5, 5.41) is 2.67. The molecule has 1 N–H and O–H groups in total. The van der Waals surface area contributed by atoms with Gasteiger partial charge in [-0.05, 0) is 36.4 Å². The summed E-state index contributed by atoms with van der Waals surface area (Å²) in [7, 11) is 3.03. The van der Waals surface area contributed by atoms with E-state index in [2.05, 4.69) is 5.32 Å². The predicted octanol–water partition coefficient (Wildman–Crippen LogP) is 3.22. The second-order valence-corrected chi connectivity index (χ2v) is 5.51. The zero-order valence-electron chi connectivity index (χ0n) is 14.9. The lowest BCUT2D eigenvalue weighted by Gasteiger charge is -2.23. The number of rotatable bonds is 7. The molecule has 2 aromatic carbocycles. The molecule has 0 bridgehead atoms. The molecule has 2 rings (SSSR count). The summed E-state index contributed by atoms with van der Waals surface area (Å²) in [4.78, 5) is 25.7. The van der Waals surface area contributed by atoms with Gasteiger partial charge in [-0.15, -0.1) is 0 Å². The normalized spacial score (nSPS) is 10.2. The van der Waals surface area contributed by atoms with Crippen LogP contribution in [0.5, 0.6) is 11.5 Å². The van der Waals surface area contributed by atoms with E-state index < -0.39 is 0 Å². The van der Waals surface area contributed by atoms with E-state index in [1.807, 2.05) is 0 Å². The van der Waals surface area contributed by atoms with E-state index in [9.17, 15) is 14.0 Å². The van der Waals surface area contributed by atoms with Crippen LogP contribution in [0.25, 0.3) is 0 Å². The first kappa shape index (κ1) is 19.2. The van der Waals surface area contributed by atoms with E-state index in [4.69, 9.17) is 9.47 Å². The summed E-state index contributed by atoms with van der Waals surface area (Å²) >= 11 is 0. The van der Waals surface area contributed by atoms with E-state index in [0.717, 1.165) is 0 Å². The van der Waals surface area contributed by atoms with Crippen LogP contribution >= 0.6 is 0 Å². The summed E-state index contributed by atoms with van der Waals surface area (Å²) in [6.07, 6.45) is 0.0668. The molecule has 0 aliphatic rings. The smallest absolute Gasteiger partial charge is 0.226 e. The first-order valence-corrected chi connectivity index (χ1v) is 8.00.